The zero-order chi connectivity index (χ0) is 20.7. The Hall–Kier alpha value is -2.26. The summed E-state index contributed by atoms with van der Waals surface area (Å²) >= 11 is 1.51. The number of thiophene rings is 1. The molecule has 0 saturated carbocycles. The molecule has 1 fully saturated rings. The average molecular weight is 425 g/mol. The lowest BCUT2D eigenvalue weighted by Gasteiger charge is -2.43. The Balaban J connectivity index is 1.30. The molecule has 1 aliphatic carbocycles. The number of likely N-dealkylation sites (tertiary alicyclic amines) is 1. The molecule has 8 heteroatoms. The lowest BCUT2D eigenvalue weighted by atomic mass is 9.74. The van der Waals surface area contributed by atoms with E-state index in [0.29, 0.717) is 17.2 Å². The highest BCUT2D eigenvalue weighted by Gasteiger charge is 2.36. The first-order valence-electron chi connectivity index (χ1n) is 10.6. The van der Waals surface area contributed by atoms with Crippen LogP contribution in [0.5, 0.6) is 0 Å². The number of aromatic amines is 1. The largest absolute Gasteiger partial charge is 0.325 e. The molecule has 2 aliphatic heterocycles. The predicted molar refractivity (Wildman–Crippen MR) is 122 cm³/mol. The van der Waals surface area contributed by atoms with Crippen LogP contribution < -0.4 is 22.1 Å². The van der Waals surface area contributed by atoms with Crippen molar-refractivity contribution in [1.29, 1.82) is 0 Å². The summed E-state index contributed by atoms with van der Waals surface area (Å²) in [7, 11) is 0. The number of piperidine rings is 1. The Morgan fingerprint density at radius 1 is 1.33 bits per heavy atom. The number of nitrogens with one attached hydrogen (secondary N) is 3. The molecule has 0 bridgehead atoms. The third-order valence-corrected chi connectivity index (χ3v) is 7.79. The van der Waals surface area contributed by atoms with Crippen LogP contribution in [0.3, 0.4) is 0 Å². The lowest BCUT2D eigenvalue weighted by molar-refractivity contribution is 0.126. The van der Waals surface area contributed by atoms with E-state index in [0.717, 1.165) is 60.8 Å². The highest BCUT2D eigenvalue weighted by molar-refractivity contribution is 7.19. The van der Waals surface area contributed by atoms with Crippen molar-refractivity contribution in [3.63, 3.8) is 0 Å². The topological polar surface area (TPSA) is 99.1 Å². The lowest BCUT2D eigenvalue weighted by Crippen LogP contribution is -2.54. The number of rotatable bonds is 4. The summed E-state index contributed by atoms with van der Waals surface area (Å²) in [4.78, 5) is 23.9. The smallest absolute Gasteiger partial charge is 0.268 e. The molecule has 0 amide bonds. The molecule has 1 saturated heterocycles. The highest BCUT2D eigenvalue weighted by Crippen LogP contribution is 2.33. The summed E-state index contributed by atoms with van der Waals surface area (Å²) in [6.07, 6.45) is 11.6. The maximum Gasteiger partial charge on any atom is 0.268 e. The molecule has 3 aliphatic rings. The van der Waals surface area contributed by atoms with E-state index in [1.165, 1.54) is 16.9 Å². The van der Waals surface area contributed by atoms with Crippen molar-refractivity contribution in [2.75, 3.05) is 19.6 Å². The second-order valence-electron chi connectivity index (χ2n) is 8.58. The van der Waals surface area contributed by atoms with Crippen LogP contribution in [0.25, 0.3) is 15.8 Å². The van der Waals surface area contributed by atoms with Crippen LogP contribution in [0.2, 0.25) is 0 Å². The maximum atomic E-state index is 12.7. The van der Waals surface area contributed by atoms with E-state index in [9.17, 15) is 4.79 Å². The summed E-state index contributed by atoms with van der Waals surface area (Å²) in [5.41, 5.74) is 15.9. The molecule has 1 unspecified atom stereocenters. The molecular weight excluding hydrogens is 396 g/mol. The van der Waals surface area contributed by atoms with E-state index in [-0.39, 0.29) is 11.1 Å². The third kappa shape index (κ3) is 3.65. The summed E-state index contributed by atoms with van der Waals surface area (Å²) < 4.78 is 0.692. The van der Waals surface area contributed by atoms with Crippen molar-refractivity contribution in [1.82, 2.24) is 25.7 Å². The van der Waals surface area contributed by atoms with Crippen LogP contribution in [0.1, 0.15) is 36.9 Å². The maximum absolute atomic E-state index is 12.7. The number of nitrogens with zero attached hydrogens (tertiary/aromatic N) is 2. The molecule has 2 aromatic heterocycles. The van der Waals surface area contributed by atoms with Gasteiger partial charge < -0.3 is 16.1 Å². The van der Waals surface area contributed by atoms with Crippen LogP contribution in [-0.2, 0) is 6.54 Å². The Labute approximate surface area is 179 Å². The van der Waals surface area contributed by atoms with Crippen LogP contribution in [0.4, 0.5) is 0 Å². The quantitative estimate of drug-likeness (QED) is 0.601. The zero-order valence-corrected chi connectivity index (χ0v) is 18.0. The van der Waals surface area contributed by atoms with Crippen molar-refractivity contribution in [2.24, 2.45) is 11.7 Å². The molecule has 0 spiro atoms. The van der Waals surface area contributed by atoms with Crippen LogP contribution in [-0.4, -0.2) is 40.0 Å². The zero-order valence-electron chi connectivity index (χ0n) is 17.2. The van der Waals surface area contributed by atoms with Gasteiger partial charge in [0.05, 0.1) is 12.1 Å². The van der Waals surface area contributed by atoms with Crippen molar-refractivity contribution >= 4 is 27.1 Å². The van der Waals surface area contributed by atoms with Gasteiger partial charge in [0.2, 0.25) is 0 Å². The first kappa shape index (κ1) is 19.7. The number of nitrogens with two attached hydrogens (primary N) is 1. The fourth-order valence-electron chi connectivity index (χ4n) is 4.67. The number of hydrogen-bond acceptors (Lipinski definition) is 7. The Kier molecular flexibility index (Phi) is 5.10. The molecule has 5 N–H and O–H groups in total. The number of aromatic nitrogens is 2. The van der Waals surface area contributed by atoms with Gasteiger partial charge in [-0.15, -0.1) is 11.3 Å². The van der Waals surface area contributed by atoms with E-state index in [2.05, 4.69) is 45.0 Å². The van der Waals surface area contributed by atoms with E-state index < -0.39 is 0 Å². The van der Waals surface area contributed by atoms with Crippen molar-refractivity contribution in [3.8, 4) is 0 Å². The minimum atomic E-state index is -0.139. The van der Waals surface area contributed by atoms with Gasteiger partial charge in [-0.05, 0) is 38.2 Å². The monoisotopic (exact) mass is 424 g/mol. The van der Waals surface area contributed by atoms with Gasteiger partial charge in [0.15, 0.2) is 0 Å². The van der Waals surface area contributed by atoms with Crippen molar-refractivity contribution in [2.45, 2.75) is 38.3 Å². The second kappa shape index (κ2) is 7.77. The van der Waals surface area contributed by atoms with Gasteiger partial charge >= 0.3 is 0 Å². The molecular formula is C22H28N6OS. The SMILES string of the molecule is CC1=C(c2cc3nc(CN4CCC(N)(C5C=CC=CC5)CC4)[nH]c(=O)c3s2)CNN1. The van der Waals surface area contributed by atoms with Crippen LogP contribution in [0, 0.1) is 5.92 Å². The number of fused-ring (bicyclic) bond motifs is 1. The normalized spacial score (nSPS) is 24.0. The Bertz CT molecular complexity index is 1100. The van der Waals surface area contributed by atoms with E-state index in [1.807, 2.05) is 13.0 Å². The second-order valence-corrected chi connectivity index (χ2v) is 9.64. The minimum absolute atomic E-state index is 0.0484. The number of H-pyrrole nitrogens is 1. The molecule has 7 nitrogen and oxygen atoms in total. The van der Waals surface area contributed by atoms with Gasteiger partial charge in [-0.3, -0.25) is 9.69 Å². The van der Waals surface area contributed by atoms with Gasteiger partial charge in [0, 0.05) is 41.3 Å². The third-order valence-electron chi connectivity index (χ3n) is 6.60. The Morgan fingerprint density at radius 3 is 2.87 bits per heavy atom. The standard InChI is InChI=1S/C22H28N6OS/c1-14-16(12-24-27-14)18-11-17-20(30-18)21(29)26-19(25-17)13-28-9-7-22(23,8-10-28)15-5-3-2-4-6-15/h2-5,11,15,24,27H,6-10,12-13,23H2,1H3,(H,25,26,29). The first-order valence-corrected chi connectivity index (χ1v) is 11.4. The highest BCUT2D eigenvalue weighted by atomic mass is 32.1. The summed E-state index contributed by atoms with van der Waals surface area (Å²) in [6.45, 7) is 5.28. The first-order chi connectivity index (χ1) is 14.5. The molecule has 0 radical (unpaired) electrons. The van der Waals surface area contributed by atoms with Gasteiger partial charge in [0.1, 0.15) is 10.5 Å². The van der Waals surface area contributed by atoms with Crippen LogP contribution >= 0.6 is 11.3 Å². The molecule has 30 heavy (non-hydrogen) atoms. The summed E-state index contributed by atoms with van der Waals surface area (Å²) in [5, 5.41) is 0. The van der Waals surface area contributed by atoms with E-state index >= 15 is 0 Å². The summed E-state index contributed by atoms with van der Waals surface area (Å²) in [6, 6.07) is 2.04. The van der Waals surface area contributed by atoms with Crippen molar-refractivity contribution < 1.29 is 0 Å². The van der Waals surface area contributed by atoms with Crippen LogP contribution in [0.15, 0.2) is 40.9 Å². The molecule has 1 atom stereocenters. The van der Waals surface area contributed by atoms with Gasteiger partial charge in [-0.2, -0.15) is 0 Å². The Morgan fingerprint density at radius 2 is 2.17 bits per heavy atom. The summed E-state index contributed by atoms with van der Waals surface area (Å²) in [5.74, 6) is 1.15. The predicted octanol–water partition coefficient (Wildman–Crippen LogP) is 2.25. The average Bonchev–Trinajstić information content (AvgIpc) is 3.37. The molecule has 4 heterocycles. The van der Waals surface area contributed by atoms with E-state index in [4.69, 9.17) is 10.7 Å². The molecule has 5 rings (SSSR count). The number of allylic oxidation sites excluding steroid dienone is 4. The van der Waals surface area contributed by atoms with Gasteiger partial charge in [-0.1, -0.05) is 24.3 Å². The van der Waals surface area contributed by atoms with E-state index in [1.54, 1.807) is 0 Å². The van der Waals surface area contributed by atoms with Crippen molar-refractivity contribution in [3.05, 3.63) is 57.1 Å². The fourth-order valence-corrected chi connectivity index (χ4v) is 5.77. The molecule has 0 aromatic carbocycles. The number of hydrazine groups is 1. The minimum Gasteiger partial charge on any atom is -0.325 e. The van der Waals surface area contributed by atoms with Gasteiger partial charge in [0.25, 0.3) is 5.56 Å². The molecule has 2 aromatic rings. The van der Waals surface area contributed by atoms with Gasteiger partial charge in [-0.25, -0.2) is 10.4 Å². The fraction of sp³-hybridized carbons (Fsp3) is 0.455. The number of hydrogen-bond donors (Lipinski definition) is 4. The molecule has 158 valence electrons.